The molecule has 0 bridgehead atoms. The van der Waals surface area contributed by atoms with Crippen LogP contribution in [-0.2, 0) is 5.75 Å². The maximum Gasteiger partial charge on any atom is 0.171 e. The van der Waals surface area contributed by atoms with Gasteiger partial charge in [0.05, 0.1) is 16.3 Å². The Hall–Kier alpha value is -1.13. The van der Waals surface area contributed by atoms with Crippen molar-refractivity contribution in [1.29, 1.82) is 0 Å². The van der Waals surface area contributed by atoms with Crippen molar-refractivity contribution in [2.45, 2.75) is 31.4 Å². The van der Waals surface area contributed by atoms with E-state index in [0.717, 1.165) is 21.3 Å². The minimum Gasteiger partial charge on any atom is -0.294 e. The Morgan fingerprint density at radius 2 is 2.17 bits per heavy atom. The van der Waals surface area contributed by atoms with Gasteiger partial charge in [-0.2, -0.15) is 0 Å². The van der Waals surface area contributed by atoms with E-state index in [0.29, 0.717) is 0 Å². The molecule has 0 aliphatic rings. The first-order valence-corrected chi connectivity index (χ1v) is 7.53. The summed E-state index contributed by atoms with van der Waals surface area (Å²) in [7, 11) is 0. The van der Waals surface area contributed by atoms with Crippen molar-refractivity contribution in [2.24, 2.45) is 0 Å². The van der Waals surface area contributed by atoms with E-state index in [9.17, 15) is 4.79 Å². The van der Waals surface area contributed by atoms with Crippen LogP contribution in [-0.4, -0.2) is 10.8 Å². The molecular weight excluding hydrogens is 262 g/mol. The predicted octanol–water partition coefficient (Wildman–Crippen LogP) is 4.25. The van der Waals surface area contributed by atoms with Gasteiger partial charge in [0, 0.05) is 11.8 Å². The van der Waals surface area contributed by atoms with Crippen LogP contribution < -0.4 is 0 Å². The molecule has 1 heterocycles. The number of nitrogens with zero attached hydrogens (tertiary/aromatic N) is 1. The van der Waals surface area contributed by atoms with Crippen molar-refractivity contribution in [1.82, 2.24) is 4.98 Å². The maximum absolute atomic E-state index is 11.4. The Kier molecular flexibility index (Phi) is 4.19. The van der Waals surface area contributed by atoms with Gasteiger partial charge < -0.3 is 0 Å². The first-order chi connectivity index (χ1) is 8.56. The number of aromatic nitrogens is 1. The number of benzene rings is 1. The SMILES string of the molecule is CC(=O)c1sc(CSc2cccc(C)c2)nc1C. The molecule has 2 nitrogen and oxygen atoms in total. The molecule has 2 rings (SSSR count). The summed E-state index contributed by atoms with van der Waals surface area (Å²) in [5.74, 6) is 0.930. The molecule has 4 heteroatoms. The van der Waals surface area contributed by atoms with Crippen LogP contribution in [0.5, 0.6) is 0 Å². The summed E-state index contributed by atoms with van der Waals surface area (Å²) in [5, 5.41) is 1.02. The fourth-order valence-electron chi connectivity index (χ4n) is 1.69. The summed E-state index contributed by atoms with van der Waals surface area (Å²) in [6.07, 6.45) is 0. The molecule has 94 valence electrons. The second-order valence-corrected chi connectivity index (χ2v) is 6.32. The van der Waals surface area contributed by atoms with Crippen LogP contribution in [0.15, 0.2) is 29.2 Å². The maximum atomic E-state index is 11.4. The third-order valence-corrected chi connectivity index (χ3v) is 4.96. The van der Waals surface area contributed by atoms with Crippen molar-refractivity contribution >= 4 is 28.9 Å². The number of rotatable bonds is 4. The predicted molar refractivity (Wildman–Crippen MR) is 77.6 cm³/mol. The molecule has 0 spiro atoms. The molecule has 0 atom stereocenters. The lowest BCUT2D eigenvalue weighted by Crippen LogP contribution is -1.89. The summed E-state index contributed by atoms with van der Waals surface area (Å²) < 4.78 is 0. The smallest absolute Gasteiger partial charge is 0.171 e. The second-order valence-electron chi connectivity index (χ2n) is 4.18. The molecule has 0 aliphatic heterocycles. The summed E-state index contributed by atoms with van der Waals surface area (Å²) in [6.45, 7) is 5.58. The van der Waals surface area contributed by atoms with Gasteiger partial charge >= 0.3 is 0 Å². The Balaban J connectivity index is 2.06. The molecule has 2 aromatic rings. The number of aryl methyl sites for hydroxylation is 2. The number of Topliss-reactive ketones (excluding diaryl/α,β-unsaturated/α-hetero) is 1. The average Bonchev–Trinajstić information content (AvgIpc) is 2.68. The number of carbonyl (C=O) groups is 1. The molecule has 1 aromatic carbocycles. The molecule has 0 radical (unpaired) electrons. The highest BCUT2D eigenvalue weighted by Gasteiger charge is 2.11. The van der Waals surface area contributed by atoms with Crippen LogP contribution in [0.1, 0.15) is 32.9 Å². The highest BCUT2D eigenvalue weighted by molar-refractivity contribution is 7.98. The van der Waals surface area contributed by atoms with E-state index in [4.69, 9.17) is 0 Å². The van der Waals surface area contributed by atoms with Crippen molar-refractivity contribution in [3.8, 4) is 0 Å². The van der Waals surface area contributed by atoms with E-state index in [2.05, 4.69) is 36.2 Å². The van der Waals surface area contributed by atoms with E-state index in [1.807, 2.05) is 6.92 Å². The summed E-state index contributed by atoms with van der Waals surface area (Å²) >= 11 is 3.27. The van der Waals surface area contributed by atoms with Crippen LogP contribution in [0.2, 0.25) is 0 Å². The molecule has 0 unspecified atom stereocenters. The zero-order valence-electron chi connectivity index (χ0n) is 10.7. The van der Waals surface area contributed by atoms with Crippen LogP contribution in [0.3, 0.4) is 0 Å². The van der Waals surface area contributed by atoms with E-state index < -0.39 is 0 Å². The summed E-state index contributed by atoms with van der Waals surface area (Å²) in [4.78, 5) is 17.8. The Morgan fingerprint density at radius 1 is 1.39 bits per heavy atom. The molecule has 0 fully saturated rings. The second kappa shape index (κ2) is 5.67. The van der Waals surface area contributed by atoms with Gasteiger partial charge in [0.2, 0.25) is 0 Å². The Labute approximate surface area is 115 Å². The van der Waals surface area contributed by atoms with Crippen molar-refractivity contribution < 1.29 is 4.79 Å². The third-order valence-electron chi connectivity index (χ3n) is 2.51. The number of ketones is 1. The van der Waals surface area contributed by atoms with E-state index >= 15 is 0 Å². The zero-order valence-corrected chi connectivity index (χ0v) is 12.3. The highest BCUT2D eigenvalue weighted by Crippen LogP contribution is 2.27. The largest absolute Gasteiger partial charge is 0.294 e. The highest BCUT2D eigenvalue weighted by atomic mass is 32.2. The van der Waals surface area contributed by atoms with Crippen LogP contribution >= 0.6 is 23.1 Å². The zero-order chi connectivity index (χ0) is 13.1. The van der Waals surface area contributed by atoms with Crippen molar-refractivity contribution in [3.05, 3.63) is 45.4 Å². The topological polar surface area (TPSA) is 30.0 Å². The lowest BCUT2D eigenvalue weighted by atomic mass is 10.2. The minimum absolute atomic E-state index is 0.108. The minimum atomic E-state index is 0.108. The first-order valence-electron chi connectivity index (χ1n) is 5.73. The Morgan fingerprint density at radius 3 is 2.78 bits per heavy atom. The van der Waals surface area contributed by atoms with Crippen molar-refractivity contribution in [2.75, 3.05) is 0 Å². The lowest BCUT2D eigenvalue weighted by Gasteiger charge is -2.00. The van der Waals surface area contributed by atoms with Gasteiger partial charge in [0.25, 0.3) is 0 Å². The van der Waals surface area contributed by atoms with Gasteiger partial charge in [-0.25, -0.2) is 4.98 Å². The first kappa shape index (κ1) is 13.3. The van der Waals surface area contributed by atoms with Gasteiger partial charge in [-0.1, -0.05) is 17.7 Å². The fourth-order valence-corrected chi connectivity index (χ4v) is 3.66. The molecule has 0 aliphatic carbocycles. The normalized spacial score (nSPS) is 10.6. The number of thioether (sulfide) groups is 1. The summed E-state index contributed by atoms with van der Waals surface area (Å²) in [5.41, 5.74) is 2.12. The summed E-state index contributed by atoms with van der Waals surface area (Å²) in [6, 6.07) is 8.41. The van der Waals surface area contributed by atoms with Crippen LogP contribution in [0.4, 0.5) is 0 Å². The molecule has 18 heavy (non-hydrogen) atoms. The van der Waals surface area contributed by atoms with Crippen LogP contribution in [0.25, 0.3) is 0 Å². The number of thiazole rings is 1. The molecular formula is C14H15NOS2. The fraction of sp³-hybridized carbons (Fsp3) is 0.286. The van der Waals surface area contributed by atoms with Gasteiger partial charge in [-0.05, 0) is 26.0 Å². The van der Waals surface area contributed by atoms with Gasteiger partial charge in [0.15, 0.2) is 5.78 Å². The number of carbonyl (C=O) groups excluding carboxylic acids is 1. The molecule has 0 saturated heterocycles. The van der Waals surface area contributed by atoms with Crippen LogP contribution in [0, 0.1) is 13.8 Å². The lowest BCUT2D eigenvalue weighted by molar-refractivity contribution is 0.102. The Bertz CT molecular complexity index is 575. The molecule has 0 N–H and O–H groups in total. The van der Waals surface area contributed by atoms with E-state index in [1.165, 1.54) is 21.8 Å². The van der Waals surface area contributed by atoms with Crippen molar-refractivity contribution in [3.63, 3.8) is 0 Å². The van der Waals surface area contributed by atoms with E-state index in [1.54, 1.807) is 18.7 Å². The van der Waals surface area contributed by atoms with E-state index in [-0.39, 0.29) is 5.78 Å². The third kappa shape index (κ3) is 3.21. The molecule has 0 saturated carbocycles. The standard InChI is InChI=1S/C14H15NOS2/c1-9-5-4-6-12(7-9)17-8-13-15-10(2)14(18-13)11(3)16/h4-7H,8H2,1-3H3. The van der Waals surface area contributed by atoms with Gasteiger partial charge in [-0.15, -0.1) is 23.1 Å². The molecule has 0 amide bonds. The quantitative estimate of drug-likeness (QED) is 0.618. The number of hydrogen-bond donors (Lipinski definition) is 0. The van der Waals surface area contributed by atoms with Gasteiger partial charge in [0.1, 0.15) is 5.01 Å². The molecule has 1 aromatic heterocycles. The monoisotopic (exact) mass is 277 g/mol. The number of hydrogen-bond acceptors (Lipinski definition) is 4. The average molecular weight is 277 g/mol. The van der Waals surface area contributed by atoms with Gasteiger partial charge in [-0.3, -0.25) is 4.79 Å².